The summed E-state index contributed by atoms with van der Waals surface area (Å²) in [6, 6.07) is 20.2. The second-order valence-electron chi connectivity index (χ2n) is 7.17. The molecule has 6 nitrogen and oxygen atoms in total. The van der Waals surface area contributed by atoms with Gasteiger partial charge in [0, 0.05) is 17.0 Å². The van der Waals surface area contributed by atoms with Crippen LogP contribution in [-0.2, 0) is 0 Å². The van der Waals surface area contributed by atoms with E-state index in [1.807, 2.05) is 55.5 Å². The number of anilines is 1. The van der Waals surface area contributed by atoms with Crippen LogP contribution in [0.15, 0.2) is 78.5 Å². The number of nitrogens with one attached hydrogen (secondary N) is 1. The van der Waals surface area contributed by atoms with Gasteiger partial charge in [0.25, 0.3) is 0 Å². The topological polar surface area (TPSA) is 69.2 Å². The SMILES string of the molecule is C=CCSc1nnc2c(n1)O[C@H](c1c(OCC)ccc3ccccc13)Nc1ccccc1-2. The quantitative estimate of drug-likeness (QED) is 0.296. The van der Waals surface area contributed by atoms with Gasteiger partial charge in [-0.05, 0) is 29.8 Å². The first-order valence-corrected chi connectivity index (χ1v) is 11.4. The second-order valence-corrected chi connectivity index (χ2v) is 8.15. The lowest BCUT2D eigenvalue weighted by Gasteiger charge is -2.23. The standard InChI is InChI=1S/C25H22N4O2S/c1-3-15-32-25-27-24-22(28-29-25)18-11-7-8-12-19(18)26-23(31-24)21-17-10-6-5-9-16(17)13-14-20(21)30-4-2/h3,5-14,23,26H,1,4,15H2,2H3/t23-/m1/s1. The summed E-state index contributed by atoms with van der Waals surface area (Å²) in [4.78, 5) is 4.68. The van der Waals surface area contributed by atoms with Gasteiger partial charge in [-0.3, -0.25) is 0 Å². The molecule has 160 valence electrons. The highest BCUT2D eigenvalue weighted by molar-refractivity contribution is 7.99. The third-order valence-electron chi connectivity index (χ3n) is 5.16. The molecule has 1 atom stereocenters. The predicted molar refractivity (Wildman–Crippen MR) is 128 cm³/mol. The number of nitrogens with zero attached hydrogens (tertiary/aromatic N) is 3. The Morgan fingerprint density at radius 3 is 2.81 bits per heavy atom. The largest absolute Gasteiger partial charge is 0.493 e. The van der Waals surface area contributed by atoms with E-state index in [1.165, 1.54) is 11.8 Å². The number of hydrogen-bond acceptors (Lipinski definition) is 7. The van der Waals surface area contributed by atoms with Crippen LogP contribution in [0.5, 0.6) is 11.6 Å². The molecular weight excluding hydrogens is 420 g/mol. The van der Waals surface area contributed by atoms with Crippen LogP contribution >= 0.6 is 11.8 Å². The van der Waals surface area contributed by atoms with Gasteiger partial charge in [-0.2, -0.15) is 4.98 Å². The molecule has 3 aromatic carbocycles. The van der Waals surface area contributed by atoms with Gasteiger partial charge in [0.1, 0.15) is 5.75 Å². The molecule has 1 aliphatic heterocycles. The van der Waals surface area contributed by atoms with Crippen LogP contribution in [0.1, 0.15) is 18.7 Å². The molecule has 0 saturated heterocycles. The Kier molecular flexibility index (Phi) is 5.64. The number of fused-ring (bicyclic) bond motifs is 4. The zero-order chi connectivity index (χ0) is 21.9. The molecule has 0 spiro atoms. The van der Waals surface area contributed by atoms with Crippen LogP contribution in [0.2, 0.25) is 0 Å². The Labute approximate surface area is 190 Å². The molecule has 0 bridgehead atoms. The lowest BCUT2D eigenvalue weighted by Crippen LogP contribution is -2.19. The Bertz CT molecular complexity index is 1290. The third kappa shape index (κ3) is 3.76. The average Bonchev–Trinajstić information content (AvgIpc) is 2.99. The Hall–Kier alpha value is -3.58. The van der Waals surface area contributed by atoms with Crippen molar-refractivity contribution in [3.05, 3.63) is 78.9 Å². The monoisotopic (exact) mass is 442 g/mol. The normalized spacial score (nSPS) is 14.5. The van der Waals surface area contributed by atoms with Crippen molar-refractivity contribution < 1.29 is 9.47 Å². The Balaban J connectivity index is 1.69. The molecule has 0 radical (unpaired) electrons. The van der Waals surface area contributed by atoms with Gasteiger partial charge in [0.2, 0.25) is 17.3 Å². The zero-order valence-corrected chi connectivity index (χ0v) is 18.4. The van der Waals surface area contributed by atoms with Crippen molar-refractivity contribution in [2.24, 2.45) is 0 Å². The molecule has 4 aromatic rings. The smallest absolute Gasteiger partial charge is 0.247 e. The third-order valence-corrected chi connectivity index (χ3v) is 5.99. The van der Waals surface area contributed by atoms with E-state index in [2.05, 4.69) is 45.3 Å². The second kappa shape index (κ2) is 8.88. The Morgan fingerprint density at radius 2 is 1.94 bits per heavy atom. The fourth-order valence-electron chi connectivity index (χ4n) is 3.80. The molecule has 1 aliphatic rings. The van der Waals surface area contributed by atoms with Crippen LogP contribution in [0.4, 0.5) is 5.69 Å². The molecule has 5 rings (SSSR count). The average molecular weight is 443 g/mol. The number of hydrogen-bond donors (Lipinski definition) is 1. The first-order chi connectivity index (χ1) is 15.8. The van der Waals surface area contributed by atoms with E-state index < -0.39 is 6.23 Å². The molecule has 7 heteroatoms. The lowest BCUT2D eigenvalue weighted by atomic mass is 10.0. The molecule has 1 aromatic heterocycles. The summed E-state index contributed by atoms with van der Waals surface area (Å²) < 4.78 is 12.5. The molecule has 0 saturated carbocycles. The fraction of sp³-hybridized carbons (Fsp3) is 0.160. The van der Waals surface area contributed by atoms with Crippen molar-refractivity contribution in [3.63, 3.8) is 0 Å². The maximum absolute atomic E-state index is 6.50. The first kappa shape index (κ1) is 20.3. The van der Waals surface area contributed by atoms with Crippen molar-refractivity contribution in [1.82, 2.24) is 15.2 Å². The number of aromatic nitrogens is 3. The maximum atomic E-state index is 6.50. The Morgan fingerprint density at radius 1 is 1.09 bits per heavy atom. The summed E-state index contributed by atoms with van der Waals surface area (Å²) in [5, 5.41) is 15.0. The van der Waals surface area contributed by atoms with E-state index >= 15 is 0 Å². The van der Waals surface area contributed by atoms with Gasteiger partial charge < -0.3 is 14.8 Å². The molecule has 0 aliphatic carbocycles. The molecule has 0 unspecified atom stereocenters. The summed E-state index contributed by atoms with van der Waals surface area (Å²) in [5.74, 6) is 1.90. The maximum Gasteiger partial charge on any atom is 0.247 e. The van der Waals surface area contributed by atoms with Crippen molar-refractivity contribution in [2.45, 2.75) is 18.3 Å². The molecular formula is C25H22N4O2S. The summed E-state index contributed by atoms with van der Waals surface area (Å²) in [7, 11) is 0. The van der Waals surface area contributed by atoms with Crippen LogP contribution in [-0.4, -0.2) is 27.5 Å². The summed E-state index contributed by atoms with van der Waals surface area (Å²) in [6.45, 7) is 6.29. The number of benzene rings is 3. The summed E-state index contributed by atoms with van der Waals surface area (Å²) in [6.07, 6.45) is 1.28. The van der Waals surface area contributed by atoms with Crippen LogP contribution in [0, 0.1) is 0 Å². The number of ether oxygens (including phenoxy) is 2. The fourth-order valence-corrected chi connectivity index (χ4v) is 4.31. The van der Waals surface area contributed by atoms with Crippen LogP contribution in [0.3, 0.4) is 0 Å². The van der Waals surface area contributed by atoms with Crippen molar-refractivity contribution in [1.29, 1.82) is 0 Å². The van der Waals surface area contributed by atoms with Crippen LogP contribution in [0.25, 0.3) is 22.0 Å². The molecule has 2 heterocycles. The van der Waals surface area contributed by atoms with Gasteiger partial charge in [-0.15, -0.1) is 16.8 Å². The minimum absolute atomic E-state index is 0.435. The van der Waals surface area contributed by atoms with Crippen LogP contribution < -0.4 is 14.8 Å². The number of thioether (sulfide) groups is 1. The molecule has 0 fully saturated rings. The summed E-state index contributed by atoms with van der Waals surface area (Å²) in [5.41, 5.74) is 3.32. The molecule has 32 heavy (non-hydrogen) atoms. The van der Waals surface area contributed by atoms with Gasteiger partial charge in [0.15, 0.2) is 5.69 Å². The molecule has 1 N–H and O–H groups in total. The number of para-hydroxylation sites is 1. The van der Waals surface area contributed by atoms with Crippen molar-refractivity contribution in [2.75, 3.05) is 17.7 Å². The van der Waals surface area contributed by atoms with Gasteiger partial charge in [-0.25, -0.2) is 0 Å². The lowest BCUT2D eigenvalue weighted by molar-refractivity contribution is 0.218. The highest BCUT2D eigenvalue weighted by Crippen LogP contribution is 2.43. The predicted octanol–water partition coefficient (Wildman–Crippen LogP) is 5.87. The molecule has 0 amide bonds. The summed E-state index contributed by atoms with van der Waals surface area (Å²) >= 11 is 1.46. The van der Waals surface area contributed by atoms with E-state index in [0.717, 1.165) is 33.3 Å². The van der Waals surface area contributed by atoms with Crippen molar-refractivity contribution >= 4 is 28.2 Å². The van der Waals surface area contributed by atoms with E-state index in [4.69, 9.17) is 9.47 Å². The minimum atomic E-state index is -0.529. The minimum Gasteiger partial charge on any atom is -0.493 e. The van der Waals surface area contributed by atoms with Crippen molar-refractivity contribution in [3.8, 4) is 22.9 Å². The van der Waals surface area contributed by atoms with E-state index in [1.54, 1.807) is 0 Å². The number of rotatable bonds is 6. The van der Waals surface area contributed by atoms with Gasteiger partial charge in [-0.1, -0.05) is 66.4 Å². The highest BCUT2D eigenvalue weighted by Gasteiger charge is 2.29. The van der Waals surface area contributed by atoms with E-state index in [9.17, 15) is 0 Å². The van der Waals surface area contributed by atoms with E-state index in [0.29, 0.717) is 29.1 Å². The van der Waals surface area contributed by atoms with Gasteiger partial charge in [0.05, 0.1) is 12.2 Å². The van der Waals surface area contributed by atoms with Gasteiger partial charge >= 0.3 is 0 Å². The first-order valence-electron chi connectivity index (χ1n) is 10.4. The zero-order valence-electron chi connectivity index (χ0n) is 17.6. The van der Waals surface area contributed by atoms with E-state index in [-0.39, 0.29) is 0 Å². The highest BCUT2D eigenvalue weighted by atomic mass is 32.2.